The second kappa shape index (κ2) is 8.13. The summed E-state index contributed by atoms with van der Waals surface area (Å²) >= 11 is 0. The van der Waals surface area contributed by atoms with E-state index in [1.54, 1.807) is 0 Å². The third-order valence-corrected chi connectivity index (χ3v) is 2.75. The van der Waals surface area contributed by atoms with Crippen LogP contribution < -0.4 is 5.76 Å². The summed E-state index contributed by atoms with van der Waals surface area (Å²) in [6.45, 7) is 2.23. The molecule has 0 fully saturated rings. The molecule has 0 aliphatic heterocycles. The number of rotatable bonds is 9. The average Bonchev–Trinajstić information content (AvgIpc) is 2.68. The molecule has 0 aliphatic carbocycles. The molecular formula is C12H22N2O2. The largest absolute Gasteiger partial charge is 0.438 e. The van der Waals surface area contributed by atoms with Crippen molar-refractivity contribution in [3.8, 4) is 0 Å². The molecular weight excluding hydrogens is 204 g/mol. The van der Waals surface area contributed by atoms with E-state index in [0.29, 0.717) is 5.82 Å². The van der Waals surface area contributed by atoms with Gasteiger partial charge in [-0.05, 0) is 6.42 Å². The van der Waals surface area contributed by atoms with Gasteiger partial charge in [-0.2, -0.15) is 0 Å². The van der Waals surface area contributed by atoms with Crippen molar-refractivity contribution in [1.82, 2.24) is 10.1 Å². The molecule has 0 spiro atoms. The standard InChI is InChI=1S/C12H22N2O2/c1-2-3-4-5-6-7-8-9-10-11-13-12(15)16-14-11/h2-10H2,1H3,(H,13,14,15). The number of unbranched alkanes of at least 4 members (excludes halogenated alkanes) is 7. The number of nitrogens with zero attached hydrogens (tertiary/aromatic N) is 1. The van der Waals surface area contributed by atoms with E-state index in [9.17, 15) is 4.79 Å². The van der Waals surface area contributed by atoms with Crippen molar-refractivity contribution in [3.63, 3.8) is 0 Å². The molecule has 0 aliphatic rings. The quantitative estimate of drug-likeness (QED) is 0.658. The zero-order valence-corrected chi connectivity index (χ0v) is 10.1. The molecule has 4 heteroatoms. The van der Waals surface area contributed by atoms with Crippen LogP contribution in [0.15, 0.2) is 9.32 Å². The number of aryl methyl sites for hydroxylation is 1. The van der Waals surface area contributed by atoms with Crippen LogP contribution in [-0.2, 0) is 6.42 Å². The van der Waals surface area contributed by atoms with Crippen molar-refractivity contribution in [3.05, 3.63) is 16.4 Å². The Morgan fingerprint density at radius 3 is 2.25 bits per heavy atom. The van der Waals surface area contributed by atoms with Gasteiger partial charge in [-0.3, -0.25) is 9.51 Å². The highest BCUT2D eigenvalue weighted by atomic mass is 16.5. The maximum Gasteiger partial charge on any atom is 0.438 e. The van der Waals surface area contributed by atoms with Crippen LogP contribution in [0.25, 0.3) is 0 Å². The second-order valence-electron chi connectivity index (χ2n) is 4.27. The summed E-state index contributed by atoms with van der Waals surface area (Å²) in [7, 11) is 0. The van der Waals surface area contributed by atoms with Crippen molar-refractivity contribution >= 4 is 0 Å². The van der Waals surface area contributed by atoms with Crippen LogP contribution in [0.4, 0.5) is 0 Å². The van der Waals surface area contributed by atoms with Gasteiger partial charge >= 0.3 is 5.76 Å². The number of aromatic nitrogens is 2. The van der Waals surface area contributed by atoms with Gasteiger partial charge in [0.15, 0.2) is 5.82 Å². The Bertz CT molecular complexity index is 317. The Morgan fingerprint density at radius 2 is 1.69 bits per heavy atom. The summed E-state index contributed by atoms with van der Waals surface area (Å²) in [5.41, 5.74) is 0. The fourth-order valence-electron chi connectivity index (χ4n) is 1.79. The second-order valence-corrected chi connectivity index (χ2v) is 4.27. The summed E-state index contributed by atoms with van der Waals surface area (Å²) in [6, 6.07) is 0. The Hall–Kier alpha value is -1.06. The van der Waals surface area contributed by atoms with Crippen LogP contribution in [0, 0.1) is 0 Å². The van der Waals surface area contributed by atoms with Crippen LogP contribution in [-0.4, -0.2) is 10.1 Å². The molecule has 0 radical (unpaired) electrons. The summed E-state index contributed by atoms with van der Waals surface area (Å²) < 4.78 is 4.43. The van der Waals surface area contributed by atoms with Crippen molar-refractivity contribution < 1.29 is 4.52 Å². The summed E-state index contributed by atoms with van der Waals surface area (Å²) in [5.74, 6) is 0.227. The van der Waals surface area contributed by atoms with Gasteiger partial charge in [-0.1, -0.05) is 57.0 Å². The molecule has 0 atom stereocenters. The summed E-state index contributed by atoms with van der Waals surface area (Å²) in [6.07, 6.45) is 11.1. The zero-order chi connectivity index (χ0) is 11.6. The highest BCUT2D eigenvalue weighted by molar-refractivity contribution is 4.77. The van der Waals surface area contributed by atoms with E-state index in [1.165, 1.54) is 44.9 Å². The molecule has 92 valence electrons. The maximum atomic E-state index is 10.6. The highest BCUT2D eigenvalue weighted by Crippen LogP contribution is 2.09. The first-order chi connectivity index (χ1) is 7.83. The lowest BCUT2D eigenvalue weighted by atomic mass is 10.1. The van der Waals surface area contributed by atoms with Crippen LogP contribution in [0.5, 0.6) is 0 Å². The first kappa shape index (κ1) is 13.0. The molecule has 1 heterocycles. The van der Waals surface area contributed by atoms with Gasteiger partial charge in [-0.25, -0.2) is 4.79 Å². The van der Waals surface area contributed by atoms with E-state index >= 15 is 0 Å². The summed E-state index contributed by atoms with van der Waals surface area (Å²) in [4.78, 5) is 13.2. The maximum absolute atomic E-state index is 10.6. The first-order valence-corrected chi connectivity index (χ1v) is 6.38. The molecule has 0 saturated carbocycles. The Kier molecular flexibility index (Phi) is 6.61. The van der Waals surface area contributed by atoms with Gasteiger partial charge in [-0.15, -0.1) is 0 Å². The highest BCUT2D eigenvalue weighted by Gasteiger charge is 1.99. The van der Waals surface area contributed by atoms with Crippen molar-refractivity contribution in [2.45, 2.75) is 64.7 Å². The lowest BCUT2D eigenvalue weighted by molar-refractivity contribution is 0.380. The van der Waals surface area contributed by atoms with Crippen LogP contribution in [0.2, 0.25) is 0 Å². The predicted molar refractivity (Wildman–Crippen MR) is 63.4 cm³/mol. The third kappa shape index (κ3) is 5.73. The third-order valence-electron chi connectivity index (χ3n) is 2.75. The molecule has 16 heavy (non-hydrogen) atoms. The van der Waals surface area contributed by atoms with Crippen molar-refractivity contribution in [2.24, 2.45) is 0 Å². The van der Waals surface area contributed by atoms with Crippen LogP contribution in [0.1, 0.15) is 64.1 Å². The lowest BCUT2D eigenvalue weighted by Crippen LogP contribution is -1.97. The molecule has 1 N–H and O–H groups in total. The SMILES string of the molecule is CCCCCCCCCCc1noc(=O)[nH]1. The predicted octanol–water partition coefficient (Wildman–Crippen LogP) is 3.05. The smallest absolute Gasteiger partial charge is 0.296 e. The summed E-state index contributed by atoms with van der Waals surface area (Å²) in [5, 5.41) is 3.63. The number of H-pyrrole nitrogens is 1. The van der Waals surface area contributed by atoms with Crippen molar-refractivity contribution in [1.29, 1.82) is 0 Å². The van der Waals surface area contributed by atoms with E-state index in [-0.39, 0.29) is 0 Å². The van der Waals surface area contributed by atoms with Gasteiger partial charge in [0.1, 0.15) is 0 Å². The normalized spacial score (nSPS) is 10.8. The van der Waals surface area contributed by atoms with Gasteiger partial charge in [0.05, 0.1) is 0 Å². The molecule has 0 unspecified atom stereocenters. The van der Waals surface area contributed by atoms with Crippen molar-refractivity contribution in [2.75, 3.05) is 0 Å². The Balaban J connectivity index is 1.90. The Morgan fingerprint density at radius 1 is 1.06 bits per heavy atom. The van der Waals surface area contributed by atoms with Crippen LogP contribution in [0.3, 0.4) is 0 Å². The minimum atomic E-state index is -0.449. The van der Waals surface area contributed by atoms with Gasteiger partial charge in [0, 0.05) is 6.42 Å². The fourth-order valence-corrected chi connectivity index (χ4v) is 1.79. The monoisotopic (exact) mass is 226 g/mol. The van der Waals surface area contributed by atoms with E-state index in [1.807, 2.05) is 0 Å². The molecule has 1 rings (SSSR count). The zero-order valence-electron chi connectivity index (χ0n) is 10.1. The van der Waals surface area contributed by atoms with Gasteiger partial charge in [0.25, 0.3) is 0 Å². The topological polar surface area (TPSA) is 58.9 Å². The van der Waals surface area contributed by atoms with E-state index in [4.69, 9.17) is 0 Å². The van der Waals surface area contributed by atoms with E-state index < -0.39 is 5.76 Å². The molecule has 4 nitrogen and oxygen atoms in total. The molecule has 0 amide bonds. The molecule has 0 saturated heterocycles. The number of nitrogens with one attached hydrogen (secondary N) is 1. The minimum Gasteiger partial charge on any atom is -0.296 e. The van der Waals surface area contributed by atoms with Gasteiger partial charge in [0.2, 0.25) is 0 Å². The average molecular weight is 226 g/mol. The Labute approximate surface area is 96.4 Å². The first-order valence-electron chi connectivity index (χ1n) is 6.38. The fraction of sp³-hybridized carbons (Fsp3) is 0.833. The van der Waals surface area contributed by atoms with Crippen LogP contribution >= 0.6 is 0 Å². The molecule has 1 aromatic rings. The van der Waals surface area contributed by atoms with E-state index in [2.05, 4.69) is 21.6 Å². The molecule has 0 bridgehead atoms. The van der Waals surface area contributed by atoms with E-state index in [0.717, 1.165) is 12.8 Å². The van der Waals surface area contributed by atoms with Gasteiger partial charge < -0.3 is 0 Å². The number of hydrogen-bond acceptors (Lipinski definition) is 3. The molecule has 0 aromatic carbocycles. The molecule has 1 aromatic heterocycles. The lowest BCUT2D eigenvalue weighted by Gasteiger charge is -1.99. The number of aromatic amines is 1. The minimum absolute atomic E-state index is 0.449. The number of hydrogen-bond donors (Lipinski definition) is 1.